The Hall–Kier alpha value is -5.72. The fourth-order valence-electron chi connectivity index (χ4n) is 8.08. The number of fused-ring (bicyclic) bond motifs is 1. The number of benzene rings is 3. The zero-order chi connectivity index (χ0) is 37.2. The van der Waals surface area contributed by atoms with Gasteiger partial charge in [0.15, 0.2) is 0 Å². The van der Waals surface area contributed by atoms with E-state index < -0.39 is 23.2 Å². The number of aromatic nitrogens is 4. The molecule has 276 valence electrons. The first-order chi connectivity index (χ1) is 26.3. The van der Waals surface area contributed by atoms with Gasteiger partial charge < -0.3 is 20.7 Å². The summed E-state index contributed by atoms with van der Waals surface area (Å²) in [6.07, 6.45) is 8.34. The lowest BCUT2D eigenvalue weighted by Gasteiger charge is -2.49. The van der Waals surface area contributed by atoms with E-state index in [0.717, 1.165) is 73.0 Å². The van der Waals surface area contributed by atoms with Crippen molar-refractivity contribution in [1.82, 2.24) is 29.2 Å². The fraction of sp³-hybridized carbons (Fsp3) is 0.286. The molecule has 1 amide bonds. The van der Waals surface area contributed by atoms with Gasteiger partial charge in [-0.15, -0.1) is 0 Å². The molecule has 3 N–H and O–H groups in total. The lowest BCUT2D eigenvalue weighted by Crippen LogP contribution is -2.62. The Kier molecular flexibility index (Phi) is 9.78. The van der Waals surface area contributed by atoms with E-state index in [9.17, 15) is 13.6 Å². The number of likely N-dealkylation sites (tertiary alicyclic amines) is 1. The van der Waals surface area contributed by atoms with Gasteiger partial charge in [0.1, 0.15) is 34.4 Å². The first-order valence-corrected chi connectivity index (χ1v) is 18.5. The first kappa shape index (κ1) is 35.3. The predicted octanol–water partition coefficient (Wildman–Crippen LogP) is 8.23. The van der Waals surface area contributed by atoms with E-state index in [2.05, 4.69) is 46.1 Å². The van der Waals surface area contributed by atoms with Crippen molar-refractivity contribution in [3.63, 3.8) is 0 Å². The molecule has 5 heterocycles. The molecular weight excluding hydrogens is 687 g/mol. The fourth-order valence-corrected chi connectivity index (χ4v) is 8.08. The van der Waals surface area contributed by atoms with Crippen LogP contribution in [0.5, 0.6) is 5.75 Å². The van der Waals surface area contributed by atoms with Crippen molar-refractivity contribution in [1.29, 1.82) is 0 Å². The lowest BCUT2D eigenvalue weighted by molar-refractivity contribution is 0.102. The van der Waals surface area contributed by atoms with Gasteiger partial charge in [-0.2, -0.15) is 0 Å². The second kappa shape index (κ2) is 15.0. The van der Waals surface area contributed by atoms with E-state index in [0.29, 0.717) is 40.3 Å². The van der Waals surface area contributed by atoms with Gasteiger partial charge in [-0.25, -0.2) is 23.7 Å². The number of nitrogens with one attached hydrogen (secondary N) is 3. The van der Waals surface area contributed by atoms with E-state index in [4.69, 9.17) is 14.7 Å². The van der Waals surface area contributed by atoms with Gasteiger partial charge in [0.05, 0.1) is 49.0 Å². The van der Waals surface area contributed by atoms with Gasteiger partial charge in [0, 0.05) is 61.6 Å². The summed E-state index contributed by atoms with van der Waals surface area (Å²) < 4.78 is 37.6. The van der Waals surface area contributed by atoms with Gasteiger partial charge in [0.25, 0.3) is 5.91 Å². The molecule has 0 unspecified atom stereocenters. The molecule has 0 saturated carbocycles. The van der Waals surface area contributed by atoms with Crippen LogP contribution in [0.1, 0.15) is 43.0 Å². The number of para-hydroxylation sites is 1. The van der Waals surface area contributed by atoms with Crippen molar-refractivity contribution in [2.45, 2.75) is 38.6 Å². The number of piperidine rings is 2. The molecule has 0 radical (unpaired) electrons. The molecule has 3 aromatic carbocycles. The third kappa shape index (κ3) is 6.78. The first-order valence-electron chi connectivity index (χ1n) is 18.5. The van der Waals surface area contributed by atoms with E-state index in [-0.39, 0.29) is 5.56 Å². The Balaban J connectivity index is 1.12. The van der Waals surface area contributed by atoms with Crippen LogP contribution < -0.4 is 25.2 Å². The number of carbonyl (C=O) groups excluding carboxylic acids is 1. The molecule has 6 aromatic rings. The molecule has 0 bridgehead atoms. The largest absolute Gasteiger partial charge is 0.494 e. The van der Waals surface area contributed by atoms with Crippen molar-refractivity contribution in [2.75, 3.05) is 43.9 Å². The molecule has 2 aliphatic heterocycles. The second-order valence-corrected chi connectivity index (χ2v) is 14.3. The van der Waals surface area contributed by atoms with Crippen LogP contribution >= 0.6 is 0 Å². The summed E-state index contributed by atoms with van der Waals surface area (Å²) in [7, 11) is 1.70. The number of anilines is 3. The maximum atomic E-state index is 14.3. The number of methoxy groups -OCH3 is 1. The summed E-state index contributed by atoms with van der Waals surface area (Å²) in [5.74, 6) is -0.528. The summed E-state index contributed by atoms with van der Waals surface area (Å²) in [6, 6.07) is 24.8. The van der Waals surface area contributed by atoms with E-state index >= 15 is 0 Å². The SMILES string of the molecule is COc1cc([N+]2(C3CCNCC3)CCC(C)CC2)ccc1Nc1nccc(-c2c(-c3cccc(C(=O)Nc4c(F)cccc4F)c3)nc3ccccn23)n1. The van der Waals surface area contributed by atoms with Crippen molar-refractivity contribution >= 4 is 34.6 Å². The Morgan fingerprint density at radius 2 is 1.69 bits per heavy atom. The monoisotopic (exact) mass is 729 g/mol. The van der Waals surface area contributed by atoms with E-state index in [1.54, 1.807) is 31.5 Å². The molecule has 0 atom stereocenters. The molecular formula is C42H43F2N8O2+. The van der Waals surface area contributed by atoms with E-state index in [1.807, 2.05) is 40.9 Å². The molecule has 2 fully saturated rings. The number of nitrogens with zero attached hydrogens (tertiary/aromatic N) is 5. The van der Waals surface area contributed by atoms with Crippen molar-refractivity contribution < 1.29 is 18.3 Å². The second-order valence-electron chi connectivity index (χ2n) is 14.3. The molecule has 2 saturated heterocycles. The maximum absolute atomic E-state index is 14.3. The summed E-state index contributed by atoms with van der Waals surface area (Å²) in [5.41, 5.74) is 4.91. The molecule has 12 heteroatoms. The van der Waals surface area contributed by atoms with Crippen LogP contribution in [-0.2, 0) is 0 Å². The molecule has 54 heavy (non-hydrogen) atoms. The number of ether oxygens (including phenoxy) is 1. The standard InChI is InChI=1S/C42H42F2N8O2/c1-27-17-23-52(24-18-27,30-14-19-45-20-15-30)31-12-13-34(36(26-31)54-2)47-42-46-21-16-35(48-42)40-38(49-37-11-3-4-22-51(37)40)28-7-5-8-29(25-28)41(53)50-39-32(43)9-6-10-33(39)44/h3-13,16,21-22,25-27,30,45H,14-15,17-20,23-24H2,1-2H3,(H-,46,47,48,50,53)/p+1. The number of halogens is 2. The highest BCUT2D eigenvalue weighted by Crippen LogP contribution is 2.41. The van der Waals surface area contributed by atoms with Crippen LogP contribution in [0.4, 0.5) is 31.8 Å². The van der Waals surface area contributed by atoms with Gasteiger partial charge in [-0.3, -0.25) is 13.7 Å². The minimum absolute atomic E-state index is 0.210. The minimum Gasteiger partial charge on any atom is -0.494 e. The smallest absolute Gasteiger partial charge is 0.255 e. The van der Waals surface area contributed by atoms with Crippen LogP contribution in [-0.4, -0.2) is 64.6 Å². The van der Waals surface area contributed by atoms with Gasteiger partial charge in [-0.1, -0.05) is 31.2 Å². The Bertz CT molecular complexity index is 2290. The number of hydrogen-bond donors (Lipinski definition) is 3. The number of amides is 1. The summed E-state index contributed by atoms with van der Waals surface area (Å²) >= 11 is 0. The van der Waals surface area contributed by atoms with Gasteiger partial charge in [-0.05, 0) is 67.3 Å². The zero-order valence-electron chi connectivity index (χ0n) is 30.4. The van der Waals surface area contributed by atoms with Gasteiger partial charge >= 0.3 is 0 Å². The van der Waals surface area contributed by atoms with Gasteiger partial charge in [0.2, 0.25) is 5.95 Å². The quantitative estimate of drug-likeness (QED) is 0.129. The Morgan fingerprint density at radius 1 is 0.907 bits per heavy atom. The highest BCUT2D eigenvalue weighted by atomic mass is 19.1. The maximum Gasteiger partial charge on any atom is 0.255 e. The lowest BCUT2D eigenvalue weighted by atomic mass is 9.90. The molecule has 8 rings (SSSR count). The number of hydrogen-bond acceptors (Lipinski definition) is 7. The number of pyridine rings is 1. The van der Waals surface area contributed by atoms with Crippen molar-refractivity contribution in [3.05, 3.63) is 115 Å². The highest BCUT2D eigenvalue weighted by molar-refractivity contribution is 6.05. The molecule has 10 nitrogen and oxygen atoms in total. The summed E-state index contributed by atoms with van der Waals surface area (Å²) in [5, 5.41) is 9.32. The van der Waals surface area contributed by atoms with Crippen molar-refractivity contribution in [3.8, 4) is 28.4 Å². The average Bonchev–Trinajstić information content (AvgIpc) is 3.60. The minimum atomic E-state index is -0.858. The third-order valence-corrected chi connectivity index (χ3v) is 11.0. The number of quaternary nitrogens is 1. The Morgan fingerprint density at radius 3 is 2.46 bits per heavy atom. The van der Waals surface area contributed by atoms with Crippen LogP contribution in [0.25, 0.3) is 28.3 Å². The third-order valence-electron chi connectivity index (χ3n) is 11.0. The highest BCUT2D eigenvalue weighted by Gasteiger charge is 2.42. The molecule has 3 aromatic heterocycles. The summed E-state index contributed by atoms with van der Waals surface area (Å²) in [6.45, 7) is 6.73. The normalized spacial score (nSPS) is 19.1. The van der Waals surface area contributed by atoms with Crippen LogP contribution in [0.15, 0.2) is 97.3 Å². The molecule has 2 aliphatic rings. The summed E-state index contributed by atoms with van der Waals surface area (Å²) in [4.78, 5) is 27.6. The predicted molar refractivity (Wildman–Crippen MR) is 208 cm³/mol. The number of rotatable bonds is 9. The zero-order valence-corrected chi connectivity index (χ0v) is 30.4. The van der Waals surface area contributed by atoms with Crippen LogP contribution in [0.3, 0.4) is 0 Å². The average molecular weight is 730 g/mol. The Labute approximate surface area is 312 Å². The van der Waals surface area contributed by atoms with E-state index in [1.165, 1.54) is 24.6 Å². The number of imidazole rings is 1. The van der Waals surface area contributed by atoms with Crippen molar-refractivity contribution in [2.24, 2.45) is 5.92 Å². The topological polar surface area (TPSA) is 105 Å². The van der Waals surface area contributed by atoms with Crippen LogP contribution in [0.2, 0.25) is 0 Å². The molecule has 0 aliphatic carbocycles. The molecule has 0 spiro atoms. The number of carbonyl (C=O) groups is 1. The van der Waals surface area contributed by atoms with Crippen LogP contribution in [0, 0.1) is 17.6 Å².